The molecular weight excluding hydrogens is 236 g/mol. The zero-order valence-corrected chi connectivity index (χ0v) is 11.5. The molecule has 3 atom stereocenters. The third-order valence-electron chi connectivity index (χ3n) is 4.07. The third-order valence-corrected chi connectivity index (χ3v) is 4.07. The zero-order chi connectivity index (χ0) is 13.4. The number of aliphatic hydroxyl groups is 1. The summed E-state index contributed by atoms with van der Waals surface area (Å²) in [6.45, 7) is 4.35. The largest absolute Gasteiger partial charge is 0.463 e. The first-order valence-corrected chi connectivity index (χ1v) is 7.05. The topological polar surface area (TPSA) is 33.4 Å². The Hall–Kier alpha value is -1.54. The molecule has 1 heterocycles. The summed E-state index contributed by atoms with van der Waals surface area (Å²) in [5.74, 6) is 2.96. The highest BCUT2D eigenvalue weighted by molar-refractivity contribution is 5.30. The first-order valence-electron chi connectivity index (χ1n) is 7.05. The lowest BCUT2D eigenvalue weighted by molar-refractivity contribution is 0.186. The van der Waals surface area contributed by atoms with E-state index in [4.69, 9.17) is 4.42 Å². The molecule has 1 fully saturated rings. The van der Waals surface area contributed by atoms with E-state index in [9.17, 15) is 5.11 Å². The van der Waals surface area contributed by atoms with Crippen LogP contribution in [0.5, 0.6) is 0 Å². The lowest BCUT2D eigenvalue weighted by Crippen LogP contribution is -1.98. The van der Waals surface area contributed by atoms with Gasteiger partial charge in [0, 0.05) is 5.92 Å². The summed E-state index contributed by atoms with van der Waals surface area (Å²) in [5, 5.41) is 10.4. The van der Waals surface area contributed by atoms with Crippen LogP contribution in [-0.4, -0.2) is 5.11 Å². The number of benzene rings is 1. The third kappa shape index (κ3) is 2.45. The highest BCUT2D eigenvalue weighted by Crippen LogP contribution is 2.47. The van der Waals surface area contributed by atoms with E-state index < -0.39 is 6.10 Å². The van der Waals surface area contributed by atoms with Gasteiger partial charge in [0.1, 0.15) is 17.6 Å². The second-order valence-electron chi connectivity index (χ2n) is 5.56. The lowest BCUT2D eigenvalue weighted by Gasteiger charge is -2.09. The average Bonchev–Trinajstić information content (AvgIpc) is 2.99. The Morgan fingerprint density at radius 2 is 2.11 bits per heavy atom. The summed E-state index contributed by atoms with van der Waals surface area (Å²) < 4.78 is 5.82. The maximum Gasteiger partial charge on any atom is 0.137 e. The molecule has 1 saturated carbocycles. The first kappa shape index (κ1) is 12.5. The highest BCUT2D eigenvalue weighted by atomic mass is 16.4. The number of hydrogen-bond acceptors (Lipinski definition) is 2. The van der Waals surface area contributed by atoms with Crippen LogP contribution in [0.1, 0.15) is 54.9 Å². The van der Waals surface area contributed by atoms with Gasteiger partial charge in [-0.25, -0.2) is 0 Å². The molecule has 1 aromatic carbocycles. The van der Waals surface area contributed by atoms with Crippen molar-refractivity contribution in [2.24, 2.45) is 5.92 Å². The Bertz CT molecular complexity index is 570. The maximum atomic E-state index is 10.4. The fraction of sp³-hybridized carbons (Fsp3) is 0.412. The van der Waals surface area contributed by atoms with Crippen molar-refractivity contribution < 1.29 is 9.52 Å². The van der Waals surface area contributed by atoms with Crippen molar-refractivity contribution in [3.8, 4) is 0 Å². The van der Waals surface area contributed by atoms with E-state index in [2.05, 4.69) is 19.9 Å². The molecule has 2 nitrogen and oxygen atoms in total. The van der Waals surface area contributed by atoms with Crippen molar-refractivity contribution in [1.29, 1.82) is 0 Å². The van der Waals surface area contributed by atoms with Crippen LogP contribution in [0.15, 0.2) is 40.8 Å². The molecule has 0 radical (unpaired) electrons. The first-order chi connectivity index (χ1) is 9.19. The van der Waals surface area contributed by atoms with Crippen molar-refractivity contribution in [3.05, 3.63) is 59.0 Å². The van der Waals surface area contributed by atoms with Gasteiger partial charge in [-0.15, -0.1) is 0 Å². The van der Waals surface area contributed by atoms with E-state index in [0.717, 1.165) is 23.7 Å². The van der Waals surface area contributed by atoms with Gasteiger partial charge in [-0.05, 0) is 42.0 Å². The Morgan fingerprint density at radius 1 is 1.32 bits per heavy atom. The van der Waals surface area contributed by atoms with Crippen molar-refractivity contribution in [2.45, 2.75) is 38.7 Å². The predicted molar refractivity (Wildman–Crippen MR) is 75.1 cm³/mol. The van der Waals surface area contributed by atoms with Crippen LogP contribution in [0.25, 0.3) is 0 Å². The zero-order valence-electron chi connectivity index (χ0n) is 11.5. The molecule has 19 heavy (non-hydrogen) atoms. The normalized spacial score (nSPS) is 23.3. The van der Waals surface area contributed by atoms with Crippen molar-refractivity contribution in [2.75, 3.05) is 0 Å². The summed E-state index contributed by atoms with van der Waals surface area (Å²) >= 11 is 0. The van der Waals surface area contributed by atoms with Crippen molar-refractivity contribution in [3.63, 3.8) is 0 Å². The quantitative estimate of drug-likeness (QED) is 0.895. The molecule has 0 bridgehead atoms. The van der Waals surface area contributed by atoms with Gasteiger partial charge < -0.3 is 9.52 Å². The van der Waals surface area contributed by atoms with Crippen LogP contribution in [-0.2, 0) is 6.42 Å². The molecule has 1 aliphatic rings. The van der Waals surface area contributed by atoms with Gasteiger partial charge >= 0.3 is 0 Å². The van der Waals surface area contributed by atoms with E-state index in [-0.39, 0.29) is 0 Å². The summed E-state index contributed by atoms with van der Waals surface area (Å²) in [4.78, 5) is 0. The second kappa shape index (κ2) is 4.86. The molecule has 2 heteroatoms. The summed E-state index contributed by atoms with van der Waals surface area (Å²) in [6, 6.07) is 12.0. The Kier molecular flexibility index (Phi) is 3.19. The van der Waals surface area contributed by atoms with E-state index >= 15 is 0 Å². The van der Waals surface area contributed by atoms with E-state index in [1.54, 1.807) is 0 Å². The molecular formula is C17H20O2. The average molecular weight is 256 g/mol. The molecule has 3 rings (SSSR count). The molecule has 0 saturated heterocycles. The van der Waals surface area contributed by atoms with Gasteiger partial charge in [-0.1, -0.05) is 38.1 Å². The SMILES string of the molecule is CCc1cccc(C(O)c2ccc(C3CC3C)o2)c1. The predicted octanol–water partition coefficient (Wildman–Crippen LogP) is 4.05. The molecule has 0 aliphatic heterocycles. The highest BCUT2D eigenvalue weighted by Gasteiger charge is 2.36. The van der Waals surface area contributed by atoms with Crippen LogP contribution in [0.2, 0.25) is 0 Å². The van der Waals surface area contributed by atoms with Crippen LogP contribution >= 0.6 is 0 Å². The minimum absolute atomic E-state index is 0.558. The minimum atomic E-state index is -0.658. The van der Waals surface area contributed by atoms with Crippen LogP contribution in [0, 0.1) is 5.92 Å². The molecule has 1 aliphatic carbocycles. The van der Waals surface area contributed by atoms with Crippen LogP contribution in [0.4, 0.5) is 0 Å². The van der Waals surface area contributed by atoms with Crippen molar-refractivity contribution in [1.82, 2.24) is 0 Å². The van der Waals surface area contributed by atoms with Gasteiger partial charge in [-0.2, -0.15) is 0 Å². The van der Waals surface area contributed by atoms with E-state index in [1.807, 2.05) is 30.3 Å². The van der Waals surface area contributed by atoms with E-state index in [0.29, 0.717) is 11.7 Å². The molecule has 2 aromatic rings. The number of furan rings is 1. The molecule has 1 N–H and O–H groups in total. The van der Waals surface area contributed by atoms with Crippen molar-refractivity contribution >= 4 is 0 Å². The fourth-order valence-electron chi connectivity index (χ4n) is 2.58. The lowest BCUT2D eigenvalue weighted by atomic mass is 10.0. The molecule has 3 unspecified atom stereocenters. The summed E-state index contributed by atoms with van der Waals surface area (Å²) in [7, 11) is 0. The smallest absolute Gasteiger partial charge is 0.137 e. The summed E-state index contributed by atoms with van der Waals surface area (Å²) in [6.07, 6.45) is 1.52. The van der Waals surface area contributed by atoms with Crippen LogP contribution in [0.3, 0.4) is 0 Å². The van der Waals surface area contributed by atoms with Gasteiger partial charge in [0.25, 0.3) is 0 Å². The second-order valence-corrected chi connectivity index (χ2v) is 5.56. The maximum absolute atomic E-state index is 10.4. The van der Waals surface area contributed by atoms with Gasteiger partial charge in [0.05, 0.1) is 0 Å². The number of rotatable bonds is 4. The molecule has 100 valence electrons. The Morgan fingerprint density at radius 3 is 2.79 bits per heavy atom. The summed E-state index contributed by atoms with van der Waals surface area (Å²) in [5.41, 5.74) is 2.14. The number of aryl methyl sites for hydroxylation is 1. The monoisotopic (exact) mass is 256 g/mol. The van der Waals surface area contributed by atoms with Gasteiger partial charge in [0.2, 0.25) is 0 Å². The van der Waals surface area contributed by atoms with Gasteiger partial charge in [-0.3, -0.25) is 0 Å². The Labute approximate surface area is 114 Å². The standard InChI is InChI=1S/C17H20O2/c1-3-12-5-4-6-13(10-12)17(18)16-8-7-15(19-16)14-9-11(14)2/h4-8,10-11,14,17-18H,3,9H2,1-2H3. The van der Waals surface area contributed by atoms with Crippen LogP contribution < -0.4 is 0 Å². The number of hydrogen-bond donors (Lipinski definition) is 1. The fourth-order valence-corrected chi connectivity index (χ4v) is 2.58. The minimum Gasteiger partial charge on any atom is -0.463 e. The van der Waals surface area contributed by atoms with E-state index in [1.165, 1.54) is 12.0 Å². The Balaban J connectivity index is 1.82. The molecule has 0 spiro atoms. The number of aliphatic hydroxyl groups excluding tert-OH is 1. The molecule has 1 aromatic heterocycles. The van der Waals surface area contributed by atoms with Gasteiger partial charge in [0.15, 0.2) is 0 Å². The molecule has 0 amide bonds.